The maximum atomic E-state index is 13.4. The summed E-state index contributed by atoms with van der Waals surface area (Å²) in [5, 5.41) is 10.5. The Labute approximate surface area is 185 Å². The number of allylic oxidation sites excluding steroid dienone is 1. The lowest BCUT2D eigenvalue weighted by molar-refractivity contribution is -0.113. The Morgan fingerprint density at radius 3 is 2.55 bits per heavy atom. The van der Waals surface area contributed by atoms with E-state index in [1.54, 1.807) is 20.1 Å². The second-order valence-corrected chi connectivity index (χ2v) is 7.46. The molecule has 1 atom stereocenters. The van der Waals surface area contributed by atoms with Crippen LogP contribution in [0.4, 0.5) is 11.5 Å². The Morgan fingerprint density at radius 1 is 1.16 bits per heavy atom. The highest BCUT2D eigenvalue weighted by molar-refractivity contribution is 7.80. The number of anilines is 2. The van der Waals surface area contributed by atoms with Gasteiger partial charge in [0, 0.05) is 11.8 Å². The first kappa shape index (κ1) is 20.6. The molecular formula is C23H22N4O3S. The van der Waals surface area contributed by atoms with Crippen molar-refractivity contribution in [3.05, 3.63) is 83.3 Å². The fourth-order valence-electron chi connectivity index (χ4n) is 3.65. The first-order valence-electron chi connectivity index (χ1n) is 9.73. The van der Waals surface area contributed by atoms with Gasteiger partial charge < -0.3 is 19.9 Å². The van der Waals surface area contributed by atoms with Gasteiger partial charge in [0.1, 0.15) is 11.5 Å². The minimum Gasteiger partial charge on any atom is -0.495 e. The molecule has 0 spiro atoms. The number of para-hydroxylation sites is 2. The van der Waals surface area contributed by atoms with E-state index in [4.69, 9.17) is 21.5 Å². The number of carbonyl (C=O) groups excluding carboxylic acids is 1. The minimum absolute atomic E-state index is 0.297. The smallest absolute Gasteiger partial charge is 0.257 e. The summed E-state index contributed by atoms with van der Waals surface area (Å²) in [5.41, 5.74) is 2.88. The van der Waals surface area contributed by atoms with Gasteiger partial charge in [-0.3, -0.25) is 9.69 Å². The minimum atomic E-state index is -0.423. The van der Waals surface area contributed by atoms with Gasteiger partial charge in [0.25, 0.3) is 5.91 Å². The number of nitrogens with one attached hydrogen (secondary N) is 2. The zero-order valence-electron chi connectivity index (χ0n) is 17.4. The number of benzene rings is 2. The molecule has 7 nitrogen and oxygen atoms in total. The molecule has 1 amide bonds. The maximum Gasteiger partial charge on any atom is 0.257 e. The van der Waals surface area contributed by atoms with Crippen LogP contribution in [0.5, 0.6) is 5.75 Å². The van der Waals surface area contributed by atoms with Crippen molar-refractivity contribution in [2.45, 2.75) is 19.9 Å². The number of hydrogen-bond donors (Lipinski definition) is 2. The largest absolute Gasteiger partial charge is 0.495 e. The third-order valence-electron chi connectivity index (χ3n) is 5.06. The summed E-state index contributed by atoms with van der Waals surface area (Å²) in [4.78, 5) is 15.2. The molecule has 1 aromatic heterocycles. The van der Waals surface area contributed by atoms with Crippen molar-refractivity contribution in [1.29, 1.82) is 0 Å². The van der Waals surface area contributed by atoms with E-state index in [-0.39, 0.29) is 5.91 Å². The molecule has 0 unspecified atom stereocenters. The molecule has 2 aromatic carbocycles. The normalized spacial score (nSPS) is 16.2. The van der Waals surface area contributed by atoms with Crippen LogP contribution in [0.15, 0.2) is 76.5 Å². The quantitative estimate of drug-likeness (QED) is 0.578. The van der Waals surface area contributed by atoms with Crippen LogP contribution in [0.25, 0.3) is 0 Å². The number of nitrogens with zero attached hydrogens (tertiary/aromatic N) is 2. The number of thiocarbonyl (C=S) groups is 1. The Balaban J connectivity index is 1.83. The van der Waals surface area contributed by atoms with Crippen LogP contribution in [-0.2, 0) is 4.79 Å². The summed E-state index contributed by atoms with van der Waals surface area (Å²) in [5.74, 6) is 1.32. The lowest BCUT2D eigenvalue weighted by Gasteiger charge is -2.38. The number of aromatic nitrogens is 1. The van der Waals surface area contributed by atoms with E-state index in [2.05, 4.69) is 15.8 Å². The Morgan fingerprint density at radius 2 is 1.87 bits per heavy atom. The van der Waals surface area contributed by atoms with Gasteiger partial charge in [-0.2, -0.15) is 0 Å². The number of aryl methyl sites for hydroxylation is 1. The first-order chi connectivity index (χ1) is 15.0. The molecule has 4 rings (SSSR count). The van der Waals surface area contributed by atoms with Crippen molar-refractivity contribution in [2.75, 3.05) is 17.3 Å². The van der Waals surface area contributed by atoms with Gasteiger partial charge in [0.05, 0.1) is 24.4 Å². The topological polar surface area (TPSA) is 79.6 Å². The van der Waals surface area contributed by atoms with Gasteiger partial charge in [-0.1, -0.05) is 47.6 Å². The monoisotopic (exact) mass is 434 g/mol. The van der Waals surface area contributed by atoms with Crippen LogP contribution >= 0.6 is 12.2 Å². The highest BCUT2D eigenvalue weighted by Crippen LogP contribution is 2.37. The molecule has 0 saturated heterocycles. The number of ether oxygens (including phenoxy) is 1. The van der Waals surface area contributed by atoms with Gasteiger partial charge in [-0.15, -0.1) is 0 Å². The van der Waals surface area contributed by atoms with Crippen molar-refractivity contribution in [3.8, 4) is 5.75 Å². The molecule has 0 bridgehead atoms. The zero-order chi connectivity index (χ0) is 22.0. The molecule has 0 aliphatic carbocycles. The Bertz CT molecular complexity index is 1160. The van der Waals surface area contributed by atoms with Crippen LogP contribution in [0, 0.1) is 6.92 Å². The summed E-state index contributed by atoms with van der Waals surface area (Å²) in [6, 6.07) is 18.5. The SMILES string of the molecule is COc1ccccc1N1C(=S)N[C@@H](c2ccccc2)C(C(=O)Nc2cc(C)on2)=C1C. The van der Waals surface area contributed by atoms with Gasteiger partial charge in [-0.25, -0.2) is 0 Å². The third kappa shape index (κ3) is 4.02. The van der Waals surface area contributed by atoms with E-state index in [1.165, 1.54) is 0 Å². The van der Waals surface area contributed by atoms with Crippen LogP contribution in [0.3, 0.4) is 0 Å². The van der Waals surface area contributed by atoms with Crippen LogP contribution in [0.2, 0.25) is 0 Å². The molecule has 0 saturated carbocycles. The fraction of sp³-hybridized carbons (Fsp3) is 0.174. The van der Waals surface area contributed by atoms with Gasteiger partial charge in [0.15, 0.2) is 10.9 Å². The average Bonchev–Trinajstić information content (AvgIpc) is 3.18. The van der Waals surface area contributed by atoms with E-state index >= 15 is 0 Å². The van der Waals surface area contributed by atoms with Crippen molar-refractivity contribution in [2.24, 2.45) is 0 Å². The summed E-state index contributed by atoms with van der Waals surface area (Å²) >= 11 is 5.71. The molecule has 2 heterocycles. The van der Waals surface area contributed by atoms with Crippen molar-refractivity contribution in [3.63, 3.8) is 0 Å². The van der Waals surface area contributed by atoms with Crippen LogP contribution in [-0.4, -0.2) is 23.3 Å². The van der Waals surface area contributed by atoms with Gasteiger partial charge in [0.2, 0.25) is 0 Å². The standard InChI is InChI=1S/C23H22N4O3S/c1-14-13-19(26-30-14)24-22(28)20-15(2)27(17-11-7-8-12-18(17)29-3)23(31)25-21(20)16-9-5-4-6-10-16/h4-13,21H,1-3H3,(H,25,31)(H,24,26,28)/t21-/m0/s1. The molecular weight excluding hydrogens is 412 g/mol. The molecule has 31 heavy (non-hydrogen) atoms. The lowest BCUT2D eigenvalue weighted by atomic mass is 9.94. The summed E-state index contributed by atoms with van der Waals surface area (Å²) in [7, 11) is 1.60. The summed E-state index contributed by atoms with van der Waals surface area (Å²) in [6.45, 7) is 3.64. The fourth-order valence-corrected chi connectivity index (χ4v) is 4.00. The predicted molar refractivity (Wildman–Crippen MR) is 123 cm³/mol. The lowest BCUT2D eigenvalue weighted by Crippen LogP contribution is -2.48. The van der Waals surface area contributed by atoms with E-state index < -0.39 is 6.04 Å². The molecule has 2 N–H and O–H groups in total. The number of amides is 1. The third-order valence-corrected chi connectivity index (χ3v) is 5.36. The molecule has 0 fully saturated rings. The average molecular weight is 435 g/mol. The van der Waals surface area contributed by atoms with Crippen molar-refractivity contribution < 1.29 is 14.1 Å². The van der Waals surface area contributed by atoms with E-state index in [1.807, 2.05) is 66.4 Å². The summed E-state index contributed by atoms with van der Waals surface area (Å²) < 4.78 is 10.6. The van der Waals surface area contributed by atoms with Crippen LogP contribution < -0.4 is 20.3 Å². The Kier molecular flexibility index (Phi) is 5.73. The van der Waals surface area contributed by atoms with Crippen molar-refractivity contribution in [1.82, 2.24) is 10.5 Å². The molecule has 0 radical (unpaired) electrons. The number of carbonyl (C=O) groups is 1. The Hall–Kier alpha value is -3.65. The molecule has 8 heteroatoms. The van der Waals surface area contributed by atoms with E-state index in [0.29, 0.717) is 33.7 Å². The highest BCUT2D eigenvalue weighted by atomic mass is 32.1. The number of methoxy groups -OCH3 is 1. The molecule has 1 aliphatic rings. The first-order valence-corrected chi connectivity index (χ1v) is 10.1. The molecule has 3 aromatic rings. The van der Waals surface area contributed by atoms with Crippen LogP contribution in [0.1, 0.15) is 24.3 Å². The van der Waals surface area contributed by atoms with E-state index in [0.717, 1.165) is 11.3 Å². The molecule has 158 valence electrons. The predicted octanol–water partition coefficient (Wildman–Crippen LogP) is 4.34. The maximum absolute atomic E-state index is 13.4. The van der Waals surface area contributed by atoms with Gasteiger partial charge >= 0.3 is 0 Å². The van der Waals surface area contributed by atoms with Crippen molar-refractivity contribution >= 4 is 34.7 Å². The second-order valence-electron chi connectivity index (χ2n) is 7.08. The zero-order valence-corrected chi connectivity index (χ0v) is 18.2. The molecule has 1 aliphatic heterocycles. The van der Waals surface area contributed by atoms with E-state index in [9.17, 15) is 4.79 Å². The van der Waals surface area contributed by atoms with Gasteiger partial charge in [-0.05, 0) is 43.8 Å². The second kappa shape index (κ2) is 8.61. The summed E-state index contributed by atoms with van der Waals surface area (Å²) in [6.07, 6.45) is 0. The number of rotatable bonds is 5. The highest BCUT2D eigenvalue weighted by Gasteiger charge is 2.35. The number of hydrogen-bond acceptors (Lipinski definition) is 5.